The van der Waals surface area contributed by atoms with Crippen LogP contribution in [0.4, 0.5) is 0 Å². The van der Waals surface area contributed by atoms with Gasteiger partial charge in [-0.05, 0) is 19.4 Å². The molecule has 1 atom stereocenters. The monoisotopic (exact) mass is 258 g/mol. The number of nitrogens with one attached hydrogen (secondary N) is 1. The van der Waals surface area contributed by atoms with Gasteiger partial charge in [-0.3, -0.25) is 4.79 Å². The number of carbonyl (C=O) groups excluding carboxylic acids is 1. The third-order valence-corrected chi connectivity index (χ3v) is 2.47. The molecule has 1 N–H and O–H groups in total. The van der Waals surface area contributed by atoms with Gasteiger partial charge in [-0.1, -0.05) is 29.3 Å². The fourth-order valence-corrected chi connectivity index (χ4v) is 1.54. The van der Waals surface area contributed by atoms with Gasteiger partial charge >= 0.3 is 0 Å². The molecule has 1 aromatic heterocycles. The van der Waals surface area contributed by atoms with E-state index in [1.165, 1.54) is 12.3 Å². The maximum atomic E-state index is 11.8. The molecule has 0 aromatic carbocycles. The summed E-state index contributed by atoms with van der Waals surface area (Å²) in [6.07, 6.45) is 3.80. The standard InChI is InChI=1S/C11H12Cl2N2O/c1-3-4-7(2)15-11(16)8-5-10(13)14-6-9(8)12/h3,5-7H,1,4H2,2H3,(H,15,16). The number of aromatic nitrogens is 1. The number of halogens is 2. The predicted molar refractivity (Wildman–Crippen MR) is 66.0 cm³/mol. The van der Waals surface area contributed by atoms with Crippen molar-refractivity contribution in [1.29, 1.82) is 0 Å². The Morgan fingerprint density at radius 2 is 2.38 bits per heavy atom. The second-order valence-electron chi connectivity index (χ2n) is 3.39. The van der Waals surface area contributed by atoms with E-state index in [1.54, 1.807) is 6.08 Å². The molecule has 0 saturated carbocycles. The van der Waals surface area contributed by atoms with Crippen LogP contribution in [-0.2, 0) is 0 Å². The fourth-order valence-electron chi connectivity index (χ4n) is 1.20. The molecule has 1 unspecified atom stereocenters. The highest BCUT2D eigenvalue weighted by molar-refractivity contribution is 6.35. The highest BCUT2D eigenvalue weighted by atomic mass is 35.5. The molecule has 0 bridgehead atoms. The van der Waals surface area contributed by atoms with Crippen LogP contribution in [-0.4, -0.2) is 16.9 Å². The zero-order chi connectivity index (χ0) is 12.1. The van der Waals surface area contributed by atoms with Gasteiger partial charge in [0.05, 0.1) is 10.6 Å². The molecule has 1 heterocycles. The summed E-state index contributed by atoms with van der Waals surface area (Å²) in [6, 6.07) is 1.45. The molecule has 0 aliphatic rings. The van der Waals surface area contributed by atoms with E-state index in [4.69, 9.17) is 23.2 Å². The predicted octanol–water partition coefficient (Wildman–Crippen LogP) is 3.08. The number of carbonyl (C=O) groups is 1. The summed E-state index contributed by atoms with van der Waals surface area (Å²) in [5.74, 6) is -0.261. The van der Waals surface area contributed by atoms with E-state index in [0.29, 0.717) is 12.0 Å². The average molecular weight is 259 g/mol. The van der Waals surface area contributed by atoms with Crippen molar-refractivity contribution >= 4 is 29.1 Å². The zero-order valence-electron chi connectivity index (χ0n) is 8.84. The van der Waals surface area contributed by atoms with Crippen molar-refractivity contribution in [2.75, 3.05) is 0 Å². The smallest absolute Gasteiger partial charge is 0.253 e. The van der Waals surface area contributed by atoms with E-state index in [9.17, 15) is 4.79 Å². The van der Waals surface area contributed by atoms with Crippen molar-refractivity contribution in [2.45, 2.75) is 19.4 Å². The highest BCUT2D eigenvalue weighted by Crippen LogP contribution is 2.18. The van der Waals surface area contributed by atoms with E-state index in [2.05, 4.69) is 16.9 Å². The Balaban J connectivity index is 2.80. The van der Waals surface area contributed by atoms with Crippen LogP contribution in [0.3, 0.4) is 0 Å². The molecule has 1 rings (SSSR count). The van der Waals surface area contributed by atoms with Crippen molar-refractivity contribution in [1.82, 2.24) is 10.3 Å². The summed E-state index contributed by atoms with van der Waals surface area (Å²) in [7, 11) is 0. The Kier molecular flexibility index (Phi) is 4.77. The molecule has 0 aliphatic carbocycles. The summed E-state index contributed by atoms with van der Waals surface area (Å²) in [4.78, 5) is 15.6. The molecule has 16 heavy (non-hydrogen) atoms. The Morgan fingerprint density at radius 3 is 3.00 bits per heavy atom. The second-order valence-corrected chi connectivity index (χ2v) is 4.18. The van der Waals surface area contributed by atoms with E-state index in [0.717, 1.165) is 0 Å². The Bertz CT molecular complexity index is 407. The largest absolute Gasteiger partial charge is 0.349 e. The minimum atomic E-state index is -0.261. The molecule has 5 heteroatoms. The van der Waals surface area contributed by atoms with E-state index >= 15 is 0 Å². The minimum Gasteiger partial charge on any atom is -0.349 e. The maximum Gasteiger partial charge on any atom is 0.253 e. The van der Waals surface area contributed by atoms with Crippen LogP contribution < -0.4 is 5.32 Å². The molecule has 1 amide bonds. The lowest BCUT2D eigenvalue weighted by molar-refractivity contribution is 0.0940. The van der Waals surface area contributed by atoms with Crippen LogP contribution in [0.5, 0.6) is 0 Å². The van der Waals surface area contributed by atoms with Gasteiger partial charge in [-0.15, -0.1) is 6.58 Å². The van der Waals surface area contributed by atoms with E-state index in [-0.39, 0.29) is 22.1 Å². The van der Waals surface area contributed by atoms with Gasteiger partial charge in [-0.25, -0.2) is 4.98 Å². The highest BCUT2D eigenvalue weighted by Gasteiger charge is 2.13. The first-order valence-corrected chi connectivity index (χ1v) is 5.53. The molecular weight excluding hydrogens is 247 g/mol. The quantitative estimate of drug-likeness (QED) is 0.666. The van der Waals surface area contributed by atoms with E-state index < -0.39 is 0 Å². The third-order valence-electron chi connectivity index (χ3n) is 1.96. The number of hydrogen-bond acceptors (Lipinski definition) is 2. The van der Waals surface area contributed by atoms with Crippen molar-refractivity contribution < 1.29 is 4.79 Å². The lowest BCUT2D eigenvalue weighted by Gasteiger charge is -2.12. The second kappa shape index (κ2) is 5.87. The summed E-state index contributed by atoms with van der Waals surface area (Å²) >= 11 is 11.5. The lowest BCUT2D eigenvalue weighted by atomic mass is 10.2. The number of pyridine rings is 1. The summed E-state index contributed by atoms with van der Waals surface area (Å²) in [6.45, 7) is 5.49. The molecule has 86 valence electrons. The normalized spacial score (nSPS) is 11.9. The Labute approximate surface area is 104 Å². The molecule has 0 fully saturated rings. The van der Waals surface area contributed by atoms with Crippen molar-refractivity contribution in [3.05, 3.63) is 40.7 Å². The number of hydrogen-bond donors (Lipinski definition) is 1. The van der Waals surface area contributed by atoms with Crippen molar-refractivity contribution in [3.8, 4) is 0 Å². The molecule has 1 aromatic rings. The van der Waals surface area contributed by atoms with Crippen LogP contribution in [0.15, 0.2) is 24.9 Å². The molecular formula is C11H12Cl2N2O. The lowest BCUT2D eigenvalue weighted by Crippen LogP contribution is -2.32. The van der Waals surface area contributed by atoms with Crippen LogP contribution in [0, 0.1) is 0 Å². The first kappa shape index (κ1) is 13.0. The summed E-state index contributed by atoms with van der Waals surface area (Å²) in [5.41, 5.74) is 0.331. The topological polar surface area (TPSA) is 42.0 Å². The van der Waals surface area contributed by atoms with Crippen molar-refractivity contribution in [3.63, 3.8) is 0 Å². The Hall–Kier alpha value is -1.06. The summed E-state index contributed by atoms with van der Waals surface area (Å²) < 4.78 is 0. The molecule has 0 saturated heterocycles. The van der Waals surface area contributed by atoms with Crippen LogP contribution in [0.25, 0.3) is 0 Å². The SMILES string of the molecule is C=CCC(C)NC(=O)c1cc(Cl)ncc1Cl. The Morgan fingerprint density at radius 1 is 1.69 bits per heavy atom. The number of nitrogens with zero attached hydrogens (tertiary/aromatic N) is 1. The van der Waals surface area contributed by atoms with Crippen LogP contribution >= 0.6 is 23.2 Å². The molecule has 0 aliphatic heterocycles. The van der Waals surface area contributed by atoms with Gasteiger partial charge in [0.25, 0.3) is 5.91 Å². The van der Waals surface area contributed by atoms with Gasteiger partial charge < -0.3 is 5.32 Å². The maximum absolute atomic E-state index is 11.8. The van der Waals surface area contributed by atoms with Gasteiger partial charge in [0.15, 0.2) is 0 Å². The van der Waals surface area contributed by atoms with E-state index in [1.807, 2.05) is 6.92 Å². The number of rotatable bonds is 4. The van der Waals surface area contributed by atoms with Gasteiger partial charge in [-0.2, -0.15) is 0 Å². The molecule has 3 nitrogen and oxygen atoms in total. The average Bonchev–Trinajstić information content (AvgIpc) is 2.21. The first-order chi connectivity index (χ1) is 7.54. The molecule has 0 radical (unpaired) electrons. The van der Waals surface area contributed by atoms with Gasteiger partial charge in [0.2, 0.25) is 0 Å². The zero-order valence-corrected chi connectivity index (χ0v) is 10.3. The minimum absolute atomic E-state index is 0.00741. The van der Waals surface area contributed by atoms with Crippen LogP contribution in [0.1, 0.15) is 23.7 Å². The summed E-state index contributed by atoms with van der Waals surface area (Å²) in [5, 5.41) is 3.31. The first-order valence-electron chi connectivity index (χ1n) is 4.77. The number of amides is 1. The third kappa shape index (κ3) is 3.51. The van der Waals surface area contributed by atoms with Crippen molar-refractivity contribution in [2.24, 2.45) is 0 Å². The molecule has 0 spiro atoms. The fraction of sp³-hybridized carbons (Fsp3) is 0.273. The van der Waals surface area contributed by atoms with Gasteiger partial charge in [0.1, 0.15) is 5.15 Å². The van der Waals surface area contributed by atoms with Gasteiger partial charge in [0, 0.05) is 12.2 Å². The van der Waals surface area contributed by atoms with Crippen LogP contribution in [0.2, 0.25) is 10.2 Å².